The third-order valence-electron chi connectivity index (χ3n) is 4.77. The predicted octanol–water partition coefficient (Wildman–Crippen LogP) is 3.87. The van der Waals surface area contributed by atoms with E-state index in [1.165, 1.54) is 31.2 Å². The first kappa shape index (κ1) is 19.2. The number of esters is 1. The number of benzene rings is 2. The standard InChI is InChI=1S/C21H25N3O2S/c1-15-5-8-17(20(25)26-2)13-19(15)23-21(27)22-14-16-6-9-18(10-7-16)24-11-3-4-12-24/h5-10,13H,3-4,11-12,14H2,1-2H3,(H2,22,23,27). The second-order valence-electron chi connectivity index (χ2n) is 6.69. The first-order chi connectivity index (χ1) is 13.1. The second kappa shape index (κ2) is 8.86. The van der Waals surface area contributed by atoms with E-state index in [9.17, 15) is 4.79 Å². The summed E-state index contributed by atoms with van der Waals surface area (Å²) in [5.74, 6) is -0.366. The van der Waals surface area contributed by atoms with E-state index >= 15 is 0 Å². The Morgan fingerprint density at radius 3 is 2.52 bits per heavy atom. The molecule has 0 unspecified atom stereocenters. The van der Waals surface area contributed by atoms with E-state index in [1.807, 2.05) is 13.0 Å². The van der Waals surface area contributed by atoms with Gasteiger partial charge in [0.25, 0.3) is 0 Å². The Bertz CT molecular complexity index is 815. The molecule has 0 bridgehead atoms. The summed E-state index contributed by atoms with van der Waals surface area (Å²) in [6.45, 7) is 4.90. The number of anilines is 2. The van der Waals surface area contributed by atoms with Crippen molar-refractivity contribution in [1.29, 1.82) is 0 Å². The molecular formula is C21H25N3O2S. The molecule has 0 aliphatic carbocycles. The van der Waals surface area contributed by atoms with Gasteiger partial charge in [-0.15, -0.1) is 0 Å². The van der Waals surface area contributed by atoms with Crippen LogP contribution in [-0.4, -0.2) is 31.3 Å². The van der Waals surface area contributed by atoms with Gasteiger partial charge >= 0.3 is 5.97 Å². The number of rotatable bonds is 5. The molecule has 0 spiro atoms. The lowest BCUT2D eigenvalue weighted by Gasteiger charge is -2.18. The topological polar surface area (TPSA) is 53.6 Å². The second-order valence-corrected chi connectivity index (χ2v) is 7.10. The van der Waals surface area contributed by atoms with Gasteiger partial charge in [0.15, 0.2) is 5.11 Å². The lowest BCUT2D eigenvalue weighted by Crippen LogP contribution is -2.28. The van der Waals surface area contributed by atoms with Crippen LogP contribution in [0.5, 0.6) is 0 Å². The van der Waals surface area contributed by atoms with Gasteiger partial charge in [-0.2, -0.15) is 0 Å². The monoisotopic (exact) mass is 383 g/mol. The molecule has 0 atom stereocenters. The van der Waals surface area contributed by atoms with Crippen LogP contribution < -0.4 is 15.5 Å². The Morgan fingerprint density at radius 1 is 1.15 bits per heavy atom. The van der Waals surface area contributed by atoms with Crippen molar-refractivity contribution in [3.05, 3.63) is 59.2 Å². The highest BCUT2D eigenvalue weighted by Crippen LogP contribution is 2.20. The molecule has 0 aromatic heterocycles. The van der Waals surface area contributed by atoms with E-state index in [0.717, 1.165) is 24.3 Å². The predicted molar refractivity (Wildman–Crippen MR) is 113 cm³/mol. The van der Waals surface area contributed by atoms with Gasteiger partial charge in [-0.1, -0.05) is 18.2 Å². The van der Waals surface area contributed by atoms with Crippen LogP contribution in [0.25, 0.3) is 0 Å². The Labute approximate surface area is 165 Å². The number of carbonyl (C=O) groups is 1. The summed E-state index contributed by atoms with van der Waals surface area (Å²) in [6.07, 6.45) is 2.56. The quantitative estimate of drug-likeness (QED) is 0.604. The normalized spacial score (nSPS) is 13.3. The molecule has 2 aromatic rings. The number of methoxy groups -OCH3 is 1. The minimum absolute atomic E-state index is 0.366. The number of hydrogen-bond acceptors (Lipinski definition) is 4. The number of hydrogen-bond donors (Lipinski definition) is 2. The molecule has 1 aliphatic heterocycles. The average molecular weight is 384 g/mol. The molecule has 27 heavy (non-hydrogen) atoms. The van der Waals surface area contributed by atoms with Crippen LogP contribution in [0.1, 0.15) is 34.3 Å². The van der Waals surface area contributed by atoms with E-state index in [1.54, 1.807) is 12.1 Å². The molecule has 5 nitrogen and oxygen atoms in total. The molecule has 0 saturated carbocycles. The van der Waals surface area contributed by atoms with Crippen molar-refractivity contribution in [3.63, 3.8) is 0 Å². The van der Waals surface area contributed by atoms with Crippen molar-refractivity contribution in [1.82, 2.24) is 5.32 Å². The van der Waals surface area contributed by atoms with Crippen molar-refractivity contribution < 1.29 is 9.53 Å². The summed E-state index contributed by atoms with van der Waals surface area (Å²) in [7, 11) is 1.37. The van der Waals surface area contributed by atoms with Crippen LogP contribution in [0.2, 0.25) is 0 Å². The minimum Gasteiger partial charge on any atom is -0.465 e. The van der Waals surface area contributed by atoms with Crippen molar-refractivity contribution in [3.8, 4) is 0 Å². The van der Waals surface area contributed by atoms with Crippen LogP contribution >= 0.6 is 12.2 Å². The zero-order valence-corrected chi connectivity index (χ0v) is 16.6. The fraction of sp³-hybridized carbons (Fsp3) is 0.333. The highest BCUT2D eigenvalue weighted by atomic mass is 32.1. The Hall–Kier alpha value is -2.60. The molecule has 3 rings (SSSR count). The van der Waals surface area contributed by atoms with Crippen LogP contribution in [0.4, 0.5) is 11.4 Å². The summed E-state index contributed by atoms with van der Waals surface area (Å²) in [6, 6.07) is 14.0. The van der Waals surface area contributed by atoms with Crippen molar-refractivity contribution in [2.24, 2.45) is 0 Å². The molecular weight excluding hydrogens is 358 g/mol. The van der Waals surface area contributed by atoms with Crippen LogP contribution in [-0.2, 0) is 11.3 Å². The largest absolute Gasteiger partial charge is 0.465 e. The highest BCUT2D eigenvalue weighted by molar-refractivity contribution is 7.80. The van der Waals surface area contributed by atoms with E-state index < -0.39 is 0 Å². The number of nitrogens with one attached hydrogen (secondary N) is 2. The van der Waals surface area contributed by atoms with Gasteiger partial charge in [-0.25, -0.2) is 4.79 Å². The van der Waals surface area contributed by atoms with Crippen molar-refractivity contribution >= 4 is 34.7 Å². The lowest BCUT2D eigenvalue weighted by atomic mass is 10.1. The Kier molecular flexibility index (Phi) is 6.29. The smallest absolute Gasteiger partial charge is 0.337 e. The molecule has 1 fully saturated rings. The Balaban J connectivity index is 1.56. The lowest BCUT2D eigenvalue weighted by molar-refractivity contribution is 0.0601. The SMILES string of the molecule is COC(=O)c1ccc(C)c(NC(=S)NCc2ccc(N3CCCC3)cc2)c1. The van der Waals surface area contributed by atoms with Gasteiger partial charge in [0.2, 0.25) is 0 Å². The maximum atomic E-state index is 11.7. The summed E-state index contributed by atoms with van der Waals surface area (Å²) >= 11 is 5.40. The molecule has 2 N–H and O–H groups in total. The zero-order chi connectivity index (χ0) is 19.2. The zero-order valence-electron chi connectivity index (χ0n) is 15.7. The number of nitrogens with zero attached hydrogens (tertiary/aromatic N) is 1. The van der Waals surface area contributed by atoms with Crippen molar-refractivity contribution in [2.75, 3.05) is 30.4 Å². The van der Waals surface area contributed by atoms with Crippen LogP contribution in [0, 0.1) is 6.92 Å². The number of ether oxygens (including phenoxy) is 1. The molecule has 2 aromatic carbocycles. The average Bonchev–Trinajstić information content (AvgIpc) is 3.22. The van der Waals surface area contributed by atoms with Crippen LogP contribution in [0.15, 0.2) is 42.5 Å². The van der Waals surface area contributed by atoms with E-state index in [2.05, 4.69) is 39.8 Å². The van der Waals surface area contributed by atoms with E-state index in [4.69, 9.17) is 17.0 Å². The highest BCUT2D eigenvalue weighted by Gasteiger charge is 2.12. The van der Waals surface area contributed by atoms with Gasteiger partial charge in [-0.3, -0.25) is 0 Å². The van der Waals surface area contributed by atoms with Gasteiger partial charge in [0.1, 0.15) is 0 Å². The summed E-state index contributed by atoms with van der Waals surface area (Å²) in [4.78, 5) is 14.1. The molecule has 0 radical (unpaired) electrons. The maximum Gasteiger partial charge on any atom is 0.337 e. The van der Waals surface area contributed by atoms with Crippen molar-refractivity contribution in [2.45, 2.75) is 26.3 Å². The van der Waals surface area contributed by atoms with E-state index in [0.29, 0.717) is 17.2 Å². The number of thiocarbonyl (C=S) groups is 1. The third kappa shape index (κ3) is 4.98. The molecule has 1 aliphatic rings. The Morgan fingerprint density at radius 2 is 1.85 bits per heavy atom. The van der Waals surface area contributed by atoms with Crippen LogP contribution in [0.3, 0.4) is 0 Å². The third-order valence-corrected chi connectivity index (χ3v) is 5.01. The van der Waals surface area contributed by atoms with Gasteiger partial charge in [0.05, 0.1) is 12.7 Å². The molecule has 142 valence electrons. The summed E-state index contributed by atoms with van der Waals surface area (Å²) in [5, 5.41) is 6.89. The molecule has 1 heterocycles. The summed E-state index contributed by atoms with van der Waals surface area (Å²) in [5.41, 5.74) is 4.74. The fourth-order valence-electron chi connectivity index (χ4n) is 3.15. The summed E-state index contributed by atoms with van der Waals surface area (Å²) < 4.78 is 4.77. The van der Waals surface area contributed by atoms with Gasteiger partial charge in [-0.05, 0) is 67.4 Å². The minimum atomic E-state index is -0.366. The maximum absolute atomic E-state index is 11.7. The number of carbonyl (C=O) groups excluding carboxylic acids is 1. The van der Waals surface area contributed by atoms with Gasteiger partial charge < -0.3 is 20.3 Å². The van der Waals surface area contributed by atoms with Gasteiger partial charge in [0, 0.05) is 31.0 Å². The first-order valence-corrected chi connectivity index (χ1v) is 9.55. The molecule has 0 amide bonds. The fourth-order valence-corrected chi connectivity index (χ4v) is 3.33. The first-order valence-electron chi connectivity index (χ1n) is 9.14. The van der Waals surface area contributed by atoms with E-state index in [-0.39, 0.29) is 5.97 Å². The molecule has 6 heteroatoms. The molecule has 1 saturated heterocycles. The number of aryl methyl sites for hydroxylation is 1.